The van der Waals surface area contributed by atoms with E-state index in [1.54, 1.807) is 6.26 Å². The molecule has 0 aliphatic heterocycles. The van der Waals surface area contributed by atoms with Crippen LogP contribution in [0.3, 0.4) is 0 Å². The average Bonchev–Trinajstić information content (AvgIpc) is 3.15. The summed E-state index contributed by atoms with van der Waals surface area (Å²) in [5.74, 6) is 1.39. The Kier molecular flexibility index (Phi) is 3.73. The van der Waals surface area contributed by atoms with Crippen LogP contribution in [-0.4, -0.2) is 16.1 Å². The Labute approximate surface area is 122 Å². The van der Waals surface area contributed by atoms with Crippen molar-refractivity contribution in [2.45, 2.75) is 26.2 Å². The largest absolute Gasteiger partial charge is 0.464 e. The van der Waals surface area contributed by atoms with E-state index in [2.05, 4.69) is 22.4 Å². The second-order valence-corrected chi connectivity index (χ2v) is 4.96. The van der Waals surface area contributed by atoms with Gasteiger partial charge < -0.3 is 9.73 Å². The minimum Gasteiger partial charge on any atom is -0.464 e. The summed E-state index contributed by atoms with van der Waals surface area (Å²) in [7, 11) is 0. The second kappa shape index (κ2) is 5.83. The van der Waals surface area contributed by atoms with Crippen LogP contribution in [0.2, 0.25) is 0 Å². The fourth-order valence-electron chi connectivity index (χ4n) is 2.24. The number of hydrogen-bond donors (Lipinski definition) is 2. The molecule has 3 rings (SSSR count). The highest BCUT2D eigenvalue weighted by molar-refractivity contribution is 6.00. The molecule has 0 saturated heterocycles. The molecular formula is C16H17N3O2. The van der Waals surface area contributed by atoms with Crippen LogP contribution >= 0.6 is 0 Å². The Hall–Kier alpha value is -2.56. The van der Waals surface area contributed by atoms with Gasteiger partial charge in [0.15, 0.2) is 5.82 Å². The number of carbonyl (C=O) groups is 1. The van der Waals surface area contributed by atoms with Crippen LogP contribution in [-0.2, 0) is 4.79 Å². The SMILES string of the molecule is CCCCC(=O)Nc1n[nH]c2cc(-c3ccco3)ccc12. The summed E-state index contributed by atoms with van der Waals surface area (Å²) in [6, 6.07) is 9.62. The van der Waals surface area contributed by atoms with Crippen LogP contribution in [0.1, 0.15) is 26.2 Å². The average molecular weight is 283 g/mol. The number of H-pyrrole nitrogens is 1. The Bertz CT molecular complexity index is 744. The molecule has 0 aliphatic rings. The number of nitrogens with one attached hydrogen (secondary N) is 2. The quantitative estimate of drug-likeness (QED) is 0.744. The van der Waals surface area contributed by atoms with E-state index < -0.39 is 0 Å². The lowest BCUT2D eigenvalue weighted by atomic mass is 10.1. The van der Waals surface area contributed by atoms with Crippen molar-refractivity contribution >= 4 is 22.6 Å². The lowest BCUT2D eigenvalue weighted by Gasteiger charge is -2.02. The topological polar surface area (TPSA) is 70.9 Å². The minimum absolute atomic E-state index is 0.000334. The fraction of sp³-hybridized carbons (Fsp3) is 0.250. The predicted molar refractivity (Wildman–Crippen MR) is 82.0 cm³/mol. The number of carbonyl (C=O) groups excluding carboxylic acids is 1. The molecule has 108 valence electrons. The summed E-state index contributed by atoms with van der Waals surface area (Å²) in [6.07, 6.45) is 4.05. The Balaban J connectivity index is 1.84. The first-order valence-electron chi connectivity index (χ1n) is 7.10. The first kappa shape index (κ1) is 13.4. The second-order valence-electron chi connectivity index (χ2n) is 4.96. The molecule has 0 fully saturated rings. The number of anilines is 1. The summed E-state index contributed by atoms with van der Waals surface area (Å²) in [5, 5.41) is 10.9. The molecule has 21 heavy (non-hydrogen) atoms. The number of rotatable bonds is 5. The summed E-state index contributed by atoms with van der Waals surface area (Å²) < 4.78 is 5.38. The summed E-state index contributed by atoms with van der Waals surface area (Å²) >= 11 is 0. The van der Waals surface area contributed by atoms with Crippen LogP contribution in [0.25, 0.3) is 22.2 Å². The normalized spacial score (nSPS) is 10.9. The van der Waals surface area contributed by atoms with E-state index in [-0.39, 0.29) is 5.91 Å². The van der Waals surface area contributed by atoms with E-state index in [4.69, 9.17) is 4.42 Å². The number of hydrogen-bond acceptors (Lipinski definition) is 3. The van der Waals surface area contributed by atoms with Gasteiger partial charge in [0.2, 0.25) is 5.91 Å². The zero-order chi connectivity index (χ0) is 14.7. The molecule has 2 aromatic heterocycles. The van der Waals surface area contributed by atoms with Gasteiger partial charge in [0, 0.05) is 17.4 Å². The number of furan rings is 1. The number of unbranched alkanes of at least 4 members (excludes halogenated alkanes) is 1. The number of nitrogens with zero attached hydrogens (tertiary/aromatic N) is 1. The molecule has 3 aromatic rings. The van der Waals surface area contributed by atoms with Gasteiger partial charge in [0.05, 0.1) is 11.8 Å². The molecule has 0 bridgehead atoms. The van der Waals surface area contributed by atoms with E-state index in [1.165, 1.54) is 0 Å². The van der Waals surface area contributed by atoms with Gasteiger partial charge in [0.1, 0.15) is 5.76 Å². The first-order valence-corrected chi connectivity index (χ1v) is 7.10. The molecule has 5 nitrogen and oxygen atoms in total. The van der Waals surface area contributed by atoms with Crippen LogP contribution in [0.5, 0.6) is 0 Å². The molecule has 1 amide bonds. The van der Waals surface area contributed by atoms with Crippen LogP contribution in [0.15, 0.2) is 41.0 Å². The van der Waals surface area contributed by atoms with Crippen molar-refractivity contribution in [3.05, 3.63) is 36.6 Å². The molecule has 0 radical (unpaired) electrons. The molecular weight excluding hydrogens is 266 g/mol. The van der Waals surface area contributed by atoms with Crippen molar-refractivity contribution in [1.29, 1.82) is 0 Å². The Morgan fingerprint density at radius 2 is 2.29 bits per heavy atom. The van der Waals surface area contributed by atoms with Crippen molar-refractivity contribution in [2.75, 3.05) is 5.32 Å². The Morgan fingerprint density at radius 3 is 3.05 bits per heavy atom. The number of aromatic amines is 1. The maximum Gasteiger partial charge on any atom is 0.225 e. The van der Waals surface area contributed by atoms with Gasteiger partial charge in [0.25, 0.3) is 0 Å². The highest BCUT2D eigenvalue weighted by Crippen LogP contribution is 2.27. The van der Waals surface area contributed by atoms with Gasteiger partial charge in [-0.2, -0.15) is 5.10 Å². The number of fused-ring (bicyclic) bond motifs is 1. The number of benzene rings is 1. The van der Waals surface area contributed by atoms with Gasteiger partial charge in [-0.1, -0.05) is 19.4 Å². The maximum absolute atomic E-state index is 11.8. The molecule has 0 aliphatic carbocycles. The third-order valence-electron chi connectivity index (χ3n) is 3.38. The molecule has 5 heteroatoms. The lowest BCUT2D eigenvalue weighted by Crippen LogP contribution is -2.11. The third kappa shape index (κ3) is 2.81. The summed E-state index contributed by atoms with van der Waals surface area (Å²) in [6.45, 7) is 2.06. The molecule has 2 N–H and O–H groups in total. The number of amides is 1. The zero-order valence-electron chi connectivity index (χ0n) is 11.8. The van der Waals surface area contributed by atoms with Gasteiger partial charge in [-0.15, -0.1) is 0 Å². The van der Waals surface area contributed by atoms with Crippen LogP contribution < -0.4 is 5.32 Å². The predicted octanol–water partition coefficient (Wildman–Crippen LogP) is 3.95. The summed E-state index contributed by atoms with van der Waals surface area (Å²) in [4.78, 5) is 11.8. The van der Waals surface area contributed by atoms with E-state index in [9.17, 15) is 4.79 Å². The minimum atomic E-state index is 0.000334. The van der Waals surface area contributed by atoms with Crippen LogP contribution in [0, 0.1) is 0 Å². The van der Waals surface area contributed by atoms with Gasteiger partial charge in [-0.3, -0.25) is 9.89 Å². The smallest absolute Gasteiger partial charge is 0.225 e. The van der Waals surface area contributed by atoms with E-state index in [0.29, 0.717) is 12.2 Å². The fourth-order valence-corrected chi connectivity index (χ4v) is 2.24. The van der Waals surface area contributed by atoms with E-state index >= 15 is 0 Å². The van der Waals surface area contributed by atoms with E-state index in [0.717, 1.165) is 35.1 Å². The lowest BCUT2D eigenvalue weighted by molar-refractivity contribution is -0.116. The molecule has 2 heterocycles. The van der Waals surface area contributed by atoms with Crippen molar-refractivity contribution in [3.63, 3.8) is 0 Å². The van der Waals surface area contributed by atoms with Crippen molar-refractivity contribution in [2.24, 2.45) is 0 Å². The molecule has 0 saturated carbocycles. The summed E-state index contributed by atoms with van der Waals surface area (Å²) in [5.41, 5.74) is 1.84. The highest BCUT2D eigenvalue weighted by atomic mass is 16.3. The van der Waals surface area contributed by atoms with Gasteiger partial charge in [-0.05, 0) is 30.7 Å². The molecule has 1 aromatic carbocycles. The Morgan fingerprint density at radius 1 is 1.38 bits per heavy atom. The third-order valence-corrected chi connectivity index (χ3v) is 3.38. The first-order chi connectivity index (χ1) is 10.3. The standard InChI is InChI=1S/C16H17N3O2/c1-2-3-6-15(20)17-16-12-8-7-11(10-13(12)18-19-16)14-5-4-9-21-14/h4-5,7-10H,2-3,6H2,1H3,(H2,17,18,19,20). The van der Waals surface area contributed by atoms with Crippen molar-refractivity contribution in [3.8, 4) is 11.3 Å². The monoisotopic (exact) mass is 283 g/mol. The van der Waals surface area contributed by atoms with Crippen molar-refractivity contribution in [1.82, 2.24) is 10.2 Å². The molecule has 0 unspecified atom stereocenters. The maximum atomic E-state index is 11.8. The van der Waals surface area contributed by atoms with Gasteiger partial charge >= 0.3 is 0 Å². The zero-order valence-corrected chi connectivity index (χ0v) is 11.8. The molecule has 0 spiro atoms. The van der Waals surface area contributed by atoms with Crippen molar-refractivity contribution < 1.29 is 9.21 Å². The molecule has 0 atom stereocenters. The van der Waals surface area contributed by atoms with Gasteiger partial charge in [-0.25, -0.2) is 0 Å². The van der Waals surface area contributed by atoms with Crippen LogP contribution in [0.4, 0.5) is 5.82 Å². The van der Waals surface area contributed by atoms with E-state index in [1.807, 2.05) is 30.3 Å². The highest BCUT2D eigenvalue weighted by Gasteiger charge is 2.10. The number of aromatic nitrogens is 2.